The predicted molar refractivity (Wildman–Crippen MR) is 78.5 cm³/mol. The number of nitrogens with one attached hydrogen (secondary N) is 1. The third-order valence-corrected chi connectivity index (χ3v) is 4.16. The van der Waals surface area contributed by atoms with Crippen molar-refractivity contribution in [3.8, 4) is 0 Å². The van der Waals surface area contributed by atoms with Crippen molar-refractivity contribution in [3.05, 3.63) is 33.8 Å². The van der Waals surface area contributed by atoms with Gasteiger partial charge in [-0.15, -0.1) is 0 Å². The summed E-state index contributed by atoms with van der Waals surface area (Å²) in [5, 5.41) is 12.3. The normalized spacial score (nSPS) is 15.8. The van der Waals surface area contributed by atoms with Crippen molar-refractivity contribution >= 4 is 21.9 Å². The number of nitrogens with zero attached hydrogens (tertiary/aromatic N) is 1. The van der Waals surface area contributed by atoms with E-state index < -0.39 is 5.97 Å². The lowest BCUT2D eigenvalue weighted by Gasteiger charge is -2.15. The molecule has 1 aromatic carbocycles. The quantitative estimate of drug-likeness (QED) is 0.788. The van der Waals surface area contributed by atoms with Gasteiger partial charge < -0.3 is 15.3 Å². The van der Waals surface area contributed by atoms with Gasteiger partial charge in [-0.25, -0.2) is 4.79 Å². The van der Waals surface area contributed by atoms with E-state index in [1.54, 1.807) is 12.1 Å². The second kappa shape index (κ2) is 7.03. The molecule has 0 atom stereocenters. The van der Waals surface area contributed by atoms with Crippen LogP contribution in [0, 0.1) is 0 Å². The van der Waals surface area contributed by atoms with Crippen molar-refractivity contribution in [2.75, 3.05) is 26.2 Å². The fourth-order valence-electron chi connectivity index (χ4n) is 2.29. The predicted octanol–water partition coefficient (Wildman–Crippen LogP) is 2.33. The number of hydrogen-bond donors (Lipinski definition) is 2. The topological polar surface area (TPSA) is 52.6 Å². The lowest BCUT2D eigenvalue weighted by molar-refractivity contribution is 0.0697. The average Bonchev–Trinajstić information content (AvgIpc) is 2.89. The second-order valence-electron chi connectivity index (χ2n) is 4.84. The minimum absolute atomic E-state index is 0.313. The Morgan fingerprint density at radius 3 is 2.74 bits per heavy atom. The monoisotopic (exact) mass is 326 g/mol. The largest absolute Gasteiger partial charge is 0.478 e. The van der Waals surface area contributed by atoms with E-state index in [1.807, 2.05) is 6.07 Å². The number of likely N-dealkylation sites (tertiary alicyclic amines) is 1. The first-order chi connectivity index (χ1) is 9.16. The van der Waals surface area contributed by atoms with E-state index in [0.717, 1.165) is 29.7 Å². The summed E-state index contributed by atoms with van der Waals surface area (Å²) in [4.78, 5) is 13.3. The van der Waals surface area contributed by atoms with Crippen LogP contribution < -0.4 is 5.32 Å². The number of halogens is 1. The fourth-order valence-corrected chi connectivity index (χ4v) is 2.81. The Kier molecular flexibility index (Phi) is 5.36. The molecule has 0 unspecified atom stereocenters. The fraction of sp³-hybridized carbons (Fsp3) is 0.500. The van der Waals surface area contributed by atoms with Crippen LogP contribution >= 0.6 is 15.9 Å². The van der Waals surface area contributed by atoms with Crippen LogP contribution in [0.4, 0.5) is 0 Å². The number of aromatic carboxylic acids is 1. The van der Waals surface area contributed by atoms with E-state index in [0.29, 0.717) is 5.56 Å². The highest BCUT2D eigenvalue weighted by molar-refractivity contribution is 9.10. The molecule has 0 bridgehead atoms. The van der Waals surface area contributed by atoms with Gasteiger partial charge in [0.1, 0.15) is 0 Å². The minimum atomic E-state index is -0.894. The Morgan fingerprint density at radius 1 is 1.37 bits per heavy atom. The molecule has 0 saturated carbocycles. The van der Waals surface area contributed by atoms with Gasteiger partial charge in [0.2, 0.25) is 0 Å². The van der Waals surface area contributed by atoms with Crippen LogP contribution in [0.25, 0.3) is 0 Å². The molecule has 104 valence electrons. The van der Waals surface area contributed by atoms with E-state index in [2.05, 4.69) is 26.1 Å². The van der Waals surface area contributed by atoms with Gasteiger partial charge in [0.25, 0.3) is 0 Å². The van der Waals surface area contributed by atoms with Crippen LogP contribution in [-0.2, 0) is 6.54 Å². The SMILES string of the molecule is O=C(O)c1ccc(CNCCN2CCCC2)c(Br)c1. The minimum Gasteiger partial charge on any atom is -0.478 e. The first-order valence-corrected chi connectivity index (χ1v) is 7.41. The summed E-state index contributed by atoms with van der Waals surface area (Å²) >= 11 is 3.42. The van der Waals surface area contributed by atoms with E-state index in [9.17, 15) is 4.79 Å². The third kappa shape index (κ3) is 4.30. The molecule has 2 rings (SSSR count). The summed E-state index contributed by atoms with van der Waals surface area (Å²) in [6.45, 7) is 5.25. The Hall–Kier alpha value is -0.910. The van der Waals surface area contributed by atoms with Crippen LogP contribution in [-0.4, -0.2) is 42.2 Å². The number of carboxylic acids is 1. The van der Waals surface area contributed by atoms with Crippen molar-refractivity contribution in [2.45, 2.75) is 19.4 Å². The summed E-state index contributed by atoms with van der Waals surface area (Å²) < 4.78 is 0.848. The van der Waals surface area contributed by atoms with Crippen LogP contribution in [0.5, 0.6) is 0 Å². The van der Waals surface area contributed by atoms with Gasteiger partial charge in [-0.2, -0.15) is 0 Å². The van der Waals surface area contributed by atoms with Gasteiger partial charge in [-0.05, 0) is 43.6 Å². The number of hydrogen-bond acceptors (Lipinski definition) is 3. The number of carboxylic acid groups (broad SMARTS) is 1. The molecular weight excluding hydrogens is 308 g/mol. The Bertz CT molecular complexity index is 445. The van der Waals surface area contributed by atoms with Crippen molar-refractivity contribution < 1.29 is 9.90 Å². The summed E-state index contributed by atoms with van der Waals surface area (Å²) in [5.41, 5.74) is 1.40. The molecule has 0 amide bonds. The van der Waals surface area contributed by atoms with Crippen LogP contribution in [0.3, 0.4) is 0 Å². The number of rotatable bonds is 6. The van der Waals surface area contributed by atoms with Gasteiger partial charge in [0.15, 0.2) is 0 Å². The van der Waals surface area contributed by atoms with Gasteiger partial charge in [-0.3, -0.25) is 0 Å². The van der Waals surface area contributed by atoms with Gasteiger partial charge in [0.05, 0.1) is 5.56 Å². The molecular formula is C14H19BrN2O2. The molecule has 1 fully saturated rings. The van der Waals surface area contributed by atoms with E-state index in [-0.39, 0.29) is 0 Å². The van der Waals surface area contributed by atoms with Gasteiger partial charge >= 0.3 is 5.97 Å². The molecule has 19 heavy (non-hydrogen) atoms. The maximum atomic E-state index is 10.8. The Morgan fingerprint density at radius 2 is 2.11 bits per heavy atom. The molecule has 1 aliphatic rings. The van der Waals surface area contributed by atoms with Crippen LogP contribution in [0.15, 0.2) is 22.7 Å². The maximum Gasteiger partial charge on any atom is 0.335 e. The first-order valence-electron chi connectivity index (χ1n) is 6.61. The zero-order chi connectivity index (χ0) is 13.7. The average molecular weight is 327 g/mol. The molecule has 1 aromatic rings. The first kappa shape index (κ1) is 14.5. The second-order valence-corrected chi connectivity index (χ2v) is 5.69. The molecule has 1 aliphatic heterocycles. The molecule has 0 aromatic heterocycles. The van der Waals surface area contributed by atoms with Crippen molar-refractivity contribution in [1.82, 2.24) is 10.2 Å². The molecule has 0 aliphatic carbocycles. The zero-order valence-electron chi connectivity index (χ0n) is 10.9. The zero-order valence-corrected chi connectivity index (χ0v) is 12.4. The Labute approximate surface area is 121 Å². The molecule has 1 heterocycles. The molecule has 4 nitrogen and oxygen atoms in total. The van der Waals surface area contributed by atoms with Crippen LogP contribution in [0.2, 0.25) is 0 Å². The number of benzene rings is 1. The summed E-state index contributed by atoms with van der Waals surface area (Å²) in [7, 11) is 0. The molecule has 5 heteroatoms. The standard InChI is InChI=1S/C14H19BrN2O2/c15-13-9-11(14(18)19)3-4-12(13)10-16-5-8-17-6-1-2-7-17/h3-4,9,16H,1-2,5-8,10H2,(H,18,19). The molecule has 1 saturated heterocycles. The smallest absolute Gasteiger partial charge is 0.335 e. The number of carbonyl (C=O) groups is 1. The lowest BCUT2D eigenvalue weighted by Crippen LogP contribution is -2.29. The van der Waals surface area contributed by atoms with Crippen molar-refractivity contribution in [1.29, 1.82) is 0 Å². The van der Waals surface area contributed by atoms with Gasteiger partial charge in [-0.1, -0.05) is 22.0 Å². The van der Waals surface area contributed by atoms with Crippen molar-refractivity contribution in [3.63, 3.8) is 0 Å². The Balaban J connectivity index is 1.77. The maximum absolute atomic E-state index is 10.8. The van der Waals surface area contributed by atoms with Crippen molar-refractivity contribution in [2.24, 2.45) is 0 Å². The molecule has 0 spiro atoms. The van der Waals surface area contributed by atoms with Gasteiger partial charge in [0, 0.05) is 24.1 Å². The molecule has 2 N–H and O–H groups in total. The third-order valence-electron chi connectivity index (χ3n) is 3.42. The summed E-state index contributed by atoms with van der Waals surface area (Å²) in [5.74, 6) is -0.894. The summed E-state index contributed by atoms with van der Waals surface area (Å²) in [6.07, 6.45) is 2.64. The highest BCUT2D eigenvalue weighted by Crippen LogP contribution is 2.18. The highest BCUT2D eigenvalue weighted by atomic mass is 79.9. The summed E-state index contributed by atoms with van der Waals surface area (Å²) in [6, 6.07) is 5.15. The van der Waals surface area contributed by atoms with E-state index in [1.165, 1.54) is 25.9 Å². The highest BCUT2D eigenvalue weighted by Gasteiger charge is 2.10. The lowest BCUT2D eigenvalue weighted by atomic mass is 10.1. The van der Waals surface area contributed by atoms with Crippen LogP contribution in [0.1, 0.15) is 28.8 Å². The van der Waals surface area contributed by atoms with E-state index >= 15 is 0 Å². The van der Waals surface area contributed by atoms with E-state index in [4.69, 9.17) is 5.11 Å². The molecule has 0 radical (unpaired) electrons.